The molecule has 1 unspecified atom stereocenters. The van der Waals surface area contributed by atoms with Crippen molar-refractivity contribution in [1.29, 1.82) is 0 Å². The average Bonchev–Trinajstić information content (AvgIpc) is 2.54. The minimum Gasteiger partial charge on any atom is -0.481 e. The molecule has 1 N–H and O–H groups in total. The van der Waals surface area contributed by atoms with E-state index in [-0.39, 0.29) is 18.0 Å². The molecular formula is C19H27BrO5S. The van der Waals surface area contributed by atoms with E-state index in [1.165, 1.54) is 11.8 Å². The number of rotatable bonds is 11. The third-order valence-corrected chi connectivity index (χ3v) is 5.75. The molecule has 0 aliphatic rings. The van der Waals surface area contributed by atoms with Crippen LogP contribution in [0.3, 0.4) is 0 Å². The van der Waals surface area contributed by atoms with Gasteiger partial charge in [0.2, 0.25) is 0 Å². The minimum atomic E-state index is -1.13. The van der Waals surface area contributed by atoms with Crippen LogP contribution >= 0.6 is 27.7 Å². The lowest BCUT2D eigenvalue weighted by Gasteiger charge is -2.29. The predicted molar refractivity (Wildman–Crippen MR) is 108 cm³/mol. The fourth-order valence-corrected chi connectivity index (χ4v) is 3.67. The Bertz CT molecular complexity index is 620. The first-order valence-electron chi connectivity index (χ1n) is 8.41. The van der Waals surface area contributed by atoms with Gasteiger partial charge in [-0.3, -0.25) is 9.59 Å². The Kier molecular flexibility index (Phi) is 9.13. The zero-order valence-electron chi connectivity index (χ0n) is 15.7. The van der Waals surface area contributed by atoms with Crippen molar-refractivity contribution >= 4 is 39.6 Å². The zero-order chi connectivity index (χ0) is 19.8. The highest BCUT2D eigenvalue weighted by Crippen LogP contribution is 2.29. The maximum Gasteiger partial charge on any atom is 0.316 e. The average molecular weight is 447 g/mol. The van der Waals surface area contributed by atoms with Crippen molar-refractivity contribution in [3.8, 4) is 0 Å². The number of hydrogen-bond donors (Lipinski definition) is 1. The standard InChI is InChI=1S/C19H27BrO5S/c1-5-25-16(21)10-26-13-18(2,3)11-24-12-19(4,17(22)23)14-7-6-8-15(20)9-14/h6-9H,5,10-13H2,1-4H3,(H,22,23). The van der Waals surface area contributed by atoms with Crippen molar-refractivity contribution in [1.82, 2.24) is 0 Å². The molecule has 1 aromatic carbocycles. The summed E-state index contributed by atoms with van der Waals surface area (Å²) < 4.78 is 11.5. The molecule has 0 bridgehead atoms. The largest absolute Gasteiger partial charge is 0.481 e. The fraction of sp³-hybridized carbons (Fsp3) is 0.579. The van der Waals surface area contributed by atoms with Crippen LogP contribution in [0.25, 0.3) is 0 Å². The molecule has 0 aliphatic heterocycles. The second kappa shape index (κ2) is 10.3. The van der Waals surface area contributed by atoms with Crippen molar-refractivity contribution in [2.75, 3.05) is 31.3 Å². The molecule has 0 amide bonds. The summed E-state index contributed by atoms with van der Waals surface area (Å²) in [5.41, 5.74) is -0.625. The zero-order valence-corrected chi connectivity index (χ0v) is 18.1. The number of thioether (sulfide) groups is 1. The first-order valence-corrected chi connectivity index (χ1v) is 10.4. The van der Waals surface area contributed by atoms with E-state index < -0.39 is 11.4 Å². The van der Waals surface area contributed by atoms with Crippen molar-refractivity contribution in [2.45, 2.75) is 33.1 Å². The number of esters is 1. The molecule has 7 heteroatoms. The second-order valence-electron chi connectivity index (χ2n) is 7.10. The lowest BCUT2D eigenvalue weighted by Crippen LogP contribution is -2.39. The van der Waals surface area contributed by atoms with Crippen LogP contribution in [0.1, 0.15) is 33.3 Å². The van der Waals surface area contributed by atoms with E-state index in [1.807, 2.05) is 26.0 Å². The summed E-state index contributed by atoms with van der Waals surface area (Å²) in [6.07, 6.45) is 0. The Hall–Kier alpha value is -1.05. The Morgan fingerprint density at radius 2 is 1.92 bits per heavy atom. The lowest BCUT2D eigenvalue weighted by atomic mass is 9.83. The van der Waals surface area contributed by atoms with E-state index in [4.69, 9.17) is 9.47 Å². The number of halogens is 1. The van der Waals surface area contributed by atoms with Crippen LogP contribution in [0.15, 0.2) is 28.7 Å². The highest BCUT2D eigenvalue weighted by Gasteiger charge is 2.36. The fourth-order valence-electron chi connectivity index (χ4n) is 2.29. The van der Waals surface area contributed by atoms with Gasteiger partial charge in [-0.05, 0) is 37.0 Å². The Balaban J connectivity index is 2.59. The smallest absolute Gasteiger partial charge is 0.316 e. The van der Waals surface area contributed by atoms with Crippen molar-refractivity contribution in [2.24, 2.45) is 5.41 Å². The molecule has 0 fully saturated rings. The van der Waals surface area contributed by atoms with Crippen molar-refractivity contribution in [3.63, 3.8) is 0 Å². The van der Waals surface area contributed by atoms with Gasteiger partial charge >= 0.3 is 11.9 Å². The molecule has 26 heavy (non-hydrogen) atoms. The van der Waals surface area contributed by atoms with Gasteiger partial charge in [0.05, 0.1) is 25.6 Å². The Morgan fingerprint density at radius 1 is 1.23 bits per heavy atom. The molecule has 146 valence electrons. The molecule has 0 heterocycles. The number of hydrogen-bond acceptors (Lipinski definition) is 5. The van der Waals surface area contributed by atoms with E-state index in [0.717, 1.165) is 4.47 Å². The van der Waals surface area contributed by atoms with Gasteiger partial charge in [0.1, 0.15) is 5.41 Å². The summed E-state index contributed by atoms with van der Waals surface area (Å²) in [6.45, 7) is 8.37. The summed E-state index contributed by atoms with van der Waals surface area (Å²) in [7, 11) is 0. The van der Waals surface area contributed by atoms with Gasteiger partial charge in [-0.1, -0.05) is 41.9 Å². The highest BCUT2D eigenvalue weighted by atomic mass is 79.9. The molecule has 5 nitrogen and oxygen atoms in total. The summed E-state index contributed by atoms with van der Waals surface area (Å²) in [4.78, 5) is 23.2. The number of benzene rings is 1. The van der Waals surface area contributed by atoms with Gasteiger partial charge in [-0.15, -0.1) is 11.8 Å². The molecule has 0 saturated heterocycles. The quantitative estimate of drug-likeness (QED) is 0.515. The van der Waals surface area contributed by atoms with Crippen LogP contribution < -0.4 is 0 Å². The van der Waals surface area contributed by atoms with Crippen LogP contribution in [0.5, 0.6) is 0 Å². The first kappa shape index (κ1) is 23.0. The Labute approximate surface area is 168 Å². The topological polar surface area (TPSA) is 72.8 Å². The number of aliphatic carboxylic acids is 1. The number of carbonyl (C=O) groups is 2. The van der Waals surface area contributed by atoms with Gasteiger partial charge in [-0.2, -0.15) is 0 Å². The first-order chi connectivity index (χ1) is 12.1. The van der Waals surface area contributed by atoms with E-state index in [1.54, 1.807) is 26.0 Å². The van der Waals surface area contributed by atoms with Gasteiger partial charge in [-0.25, -0.2) is 0 Å². The van der Waals surface area contributed by atoms with Crippen molar-refractivity contribution < 1.29 is 24.2 Å². The van der Waals surface area contributed by atoms with Crippen molar-refractivity contribution in [3.05, 3.63) is 34.3 Å². The Morgan fingerprint density at radius 3 is 2.50 bits per heavy atom. The number of carboxylic acids is 1. The van der Waals surface area contributed by atoms with E-state index in [9.17, 15) is 14.7 Å². The maximum absolute atomic E-state index is 11.8. The molecule has 0 aliphatic carbocycles. The summed E-state index contributed by atoms with van der Waals surface area (Å²) >= 11 is 4.87. The van der Waals surface area contributed by atoms with Crippen LogP contribution in [-0.4, -0.2) is 48.4 Å². The van der Waals surface area contributed by atoms with Gasteiger partial charge in [0.25, 0.3) is 0 Å². The summed E-state index contributed by atoms with van der Waals surface area (Å²) in [5.74, 6) is -0.123. The van der Waals surface area contributed by atoms with Crippen LogP contribution in [0.2, 0.25) is 0 Å². The third-order valence-electron chi connectivity index (χ3n) is 3.84. The molecule has 0 aromatic heterocycles. The van der Waals surface area contributed by atoms with Gasteiger partial charge < -0.3 is 14.6 Å². The van der Waals surface area contributed by atoms with Gasteiger partial charge in [0, 0.05) is 10.2 Å². The molecule has 0 saturated carbocycles. The number of carbonyl (C=O) groups excluding carboxylic acids is 1. The lowest BCUT2D eigenvalue weighted by molar-refractivity contribution is -0.146. The molecule has 1 rings (SSSR count). The van der Waals surface area contributed by atoms with E-state index >= 15 is 0 Å². The highest BCUT2D eigenvalue weighted by molar-refractivity contribution is 9.10. The van der Waals surface area contributed by atoms with Crippen LogP contribution in [0, 0.1) is 5.41 Å². The molecule has 0 spiro atoms. The van der Waals surface area contributed by atoms with E-state index in [0.29, 0.717) is 30.3 Å². The number of carboxylic acid groups (broad SMARTS) is 1. The molecule has 0 radical (unpaired) electrons. The van der Waals surface area contributed by atoms with Crippen LogP contribution in [0.4, 0.5) is 0 Å². The normalized spacial score (nSPS) is 13.9. The maximum atomic E-state index is 11.8. The number of ether oxygens (including phenoxy) is 2. The molecule has 1 aromatic rings. The minimum absolute atomic E-state index is 0.0742. The van der Waals surface area contributed by atoms with Crippen LogP contribution in [-0.2, 0) is 24.5 Å². The molecular weight excluding hydrogens is 420 g/mol. The monoisotopic (exact) mass is 446 g/mol. The molecule has 1 atom stereocenters. The van der Waals surface area contributed by atoms with E-state index in [2.05, 4.69) is 15.9 Å². The second-order valence-corrected chi connectivity index (χ2v) is 9.00. The summed E-state index contributed by atoms with van der Waals surface area (Å²) in [5, 5.41) is 9.71. The summed E-state index contributed by atoms with van der Waals surface area (Å²) in [6, 6.07) is 7.27. The van der Waals surface area contributed by atoms with Gasteiger partial charge in [0.15, 0.2) is 0 Å². The third kappa shape index (κ3) is 7.29. The SMILES string of the molecule is CCOC(=O)CSCC(C)(C)COCC(C)(C(=O)O)c1cccc(Br)c1. The predicted octanol–water partition coefficient (Wildman–Crippen LogP) is 4.13.